The van der Waals surface area contributed by atoms with E-state index in [9.17, 15) is 0 Å². The molecule has 0 radical (unpaired) electrons. The normalized spacial score (nSPS) is 10.6. The second-order valence-electron chi connectivity index (χ2n) is 5.00. The molecule has 0 spiro atoms. The summed E-state index contributed by atoms with van der Waals surface area (Å²) in [6.45, 7) is 2.83. The first-order valence-electron chi connectivity index (χ1n) is 6.85. The Bertz CT molecular complexity index is 734. The second kappa shape index (κ2) is 6.33. The molecular weight excluding hydrogens is 298 g/mol. The average Bonchev–Trinajstić information content (AvgIpc) is 2.96. The largest absolute Gasteiger partial charge is 0.379 e. The van der Waals surface area contributed by atoms with Crippen molar-refractivity contribution in [1.82, 2.24) is 0 Å². The predicted molar refractivity (Wildman–Crippen MR) is 93.3 cm³/mol. The minimum absolute atomic E-state index is 0.773. The summed E-state index contributed by atoms with van der Waals surface area (Å²) in [5.41, 5.74) is 4.69. The van der Waals surface area contributed by atoms with Gasteiger partial charge in [0.2, 0.25) is 0 Å². The van der Waals surface area contributed by atoms with E-state index in [-0.39, 0.29) is 0 Å². The van der Waals surface area contributed by atoms with Gasteiger partial charge in [0.15, 0.2) is 0 Å². The Hall–Kier alpha value is -1.77. The van der Waals surface area contributed by atoms with E-state index in [0.717, 1.165) is 17.3 Å². The Labute approximate surface area is 134 Å². The standard InChI is InChI=1S/C18H16ClNS/c1-13-7-8-18(17(19)9-13)20-11-16-10-15(12-21-16)14-5-3-2-4-6-14/h2-10,12,20H,11H2,1H3. The number of halogens is 1. The van der Waals surface area contributed by atoms with Crippen molar-refractivity contribution in [2.24, 2.45) is 0 Å². The molecule has 1 aromatic heterocycles. The lowest BCUT2D eigenvalue weighted by molar-refractivity contribution is 1.19. The predicted octanol–water partition coefficient (Wildman–Crippen LogP) is 5.99. The van der Waals surface area contributed by atoms with Crippen LogP contribution in [0.4, 0.5) is 5.69 Å². The van der Waals surface area contributed by atoms with Crippen LogP contribution in [0.2, 0.25) is 5.02 Å². The zero-order valence-corrected chi connectivity index (χ0v) is 13.3. The summed E-state index contributed by atoms with van der Waals surface area (Å²) in [6, 6.07) is 18.8. The third-order valence-corrected chi connectivity index (χ3v) is 4.59. The van der Waals surface area contributed by atoms with Crippen LogP contribution in [0.25, 0.3) is 11.1 Å². The molecule has 0 unspecified atom stereocenters. The van der Waals surface area contributed by atoms with Crippen LogP contribution in [0.5, 0.6) is 0 Å². The first-order chi connectivity index (χ1) is 10.2. The number of benzene rings is 2. The SMILES string of the molecule is Cc1ccc(NCc2cc(-c3ccccc3)cs2)c(Cl)c1. The second-order valence-corrected chi connectivity index (χ2v) is 6.41. The molecule has 3 rings (SSSR count). The van der Waals surface area contributed by atoms with Gasteiger partial charge in [-0.15, -0.1) is 11.3 Å². The van der Waals surface area contributed by atoms with E-state index < -0.39 is 0 Å². The minimum Gasteiger partial charge on any atom is -0.379 e. The summed E-state index contributed by atoms with van der Waals surface area (Å²) in [5.74, 6) is 0. The molecule has 0 aliphatic carbocycles. The van der Waals surface area contributed by atoms with E-state index >= 15 is 0 Å². The van der Waals surface area contributed by atoms with Crippen molar-refractivity contribution in [1.29, 1.82) is 0 Å². The number of hydrogen-bond acceptors (Lipinski definition) is 2. The van der Waals surface area contributed by atoms with E-state index in [4.69, 9.17) is 11.6 Å². The topological polar surface area (TPSA) is 12.0 Å². The van der Waals surface area contributed by atoms with E-state index in [1.165, 1.54) is 21.6 Å². The van der Waals surface area contributed by atoms with Gasteiger partial charge in [-0.2, -0.15) is 0 Å². The number of nitrogens with one attached hydrogen (secondary N) is 1. The summed E-state index contributed by atoms with van der Waals surface area (Å²) < 4.78 is 0. The number of aryl methyl sites for hydroxylation is 1. The number of rotatable bonds is 4. The molecule has 1 N–H and O–H groups in total. The van der Waals surface area contributed by atoms with E-state index in [1.807, 2.05) is 25.1 Å². The molecule has 1 nitrogen and oxygen atoms in total. The smallest absolute Gasteiger partial charge is 0.0640 e. The number of thiophene rings is 1. The molecule has 2 aromatic carbocycles. The molecule has 3 aromatic rings. The maximum absolute atomic E-state index is 6.24. The lowest BCUT2D eigenvalue weighted by Crippen LogP contribution is -1.98. The summed E-state index contributed by atoms with van der Waals surface area (Å²) in [6.07, 6.45) is 0. The molecular formula is C18H16ClNS. The van der Waals surface area contributed by atoms with Gasteiger partial charge in [-0.25, -0.2) is 0 Å². The van der Waals surface area contributed by atoms with Crippen molar-refractivity contribution >= 4 is 28.6 Å². The van der Waals surface area contributed by atoms with Crippen molar-refractivity contribution in [3.8, 4) is 11.1 Å². The van der Waals surface area contributed by atoms with Crippen molar-refractivity contribution in [2.45, 2.75) is 13.5 Å². The Morgan fingerprint density at radius 3 is 2.57 bits per heavy atom. The average molecular weight is 314 g/mol. The molecule has 0 aliphatic rings. The molecule has 3 heteroatoms. The summed E-state index contributed by atoms with van der Waals surface area (Å²) >= 11 is 8.00. The van der Waals surface area contributed by atoms with Crippen LogP contribution < -0.4 is 5.32 Å². The third kappa shape index (κ3) is 3.46. The first-order valence-corrected chi connectivity index (χ1v) is 8.11. The molecule has 0 amide bonds. The fraction of sp³-hybridized carbons (Fsp3) is 0.111. The van der Waals surface area contributed by atoms with Crippen molar-refractivity contribution in [3.63, 3.8) is 0 Å². The van der Waals surface area contributed by atoms with Gasteiger partial charge in [0, 0.05) is 11.4 Å². The molecule has 106 valence electrons. The van der Waals surface area contributed by atoms with Gasteiger partial charge in [-0.3, -0.25) is 0 Å². The van der Waals surface area contributed by atoms with Crippen LogP contribution in [0.3, 0.4) is 0 Å². The third-order valence-electron chi connectivity index (χ3n) is 3.34. The number of hydrogen-bond donors (Lipinski definition) is 1. The number of anilines is 1. The van der Waals surface area contributed by atoms with E-state index in [1.54, 1.807) is 11.3 Å². The van der Waals surface area contributed by atoms with Gasteiger partial charge in [0.1, 0.15) is 0 Å². The maximum Gasteiger partial charge on any atom is 0.0640 e. The first kappa shape index (κ1) is 14.2. The highest BCUT2D eigenvalue weighted by molar-refractivity contribution is 7.10. The quantitative estimate of drug-likeness (QED) is 0.624. The zero-order valence-electron chi connectivity index (χ0n) is 11.8. The van der Waals surface area contributed by atoms with Gasteiger partial charge >= 0.3 is 0 Å². The highest BCUT2D eigenvalue weighted by atomic mass is 35.5. The molecule has 0 bridgehead atoms. The van der Waals surface area contributed by atoms with Crippen LogP contribution >= 0.6 is 22.9 Å². The molecule has 21 heavy (non-hydrogen) atoms. The van der Waals surface area contributed by atoms with Crippen LogP contribution in [0.15, 0.2) is 60.0 Å². The highest BCUT2D eigenvalue weighted by Crippen LogP contribution is 2.27. The molecule has 0 atom stereocenters. The van der Waals surface area contributed by atoms with Crippen LogP contribution in [-0.2, 0) is 6.54 Å². The Morgan fingerprint density at radius 2 is 1.81 bits per heavy atom. The van der Waals surface area contributed by atoms with Gasteiger partial charge in [-0.05, 0) is 47.2 Å². The summed E-state index contributed by atoms with van der Waals surface area (Å²) in [7, 11) is 0. The monoisotopic (exact) mass is 313 g/mol. The van der Waals surface area contributed by atoms with Crippen molar-refractivity contribution in [2.75, 3.05) is 5.32 Å². The maximum atomic E-state index is 6.24. The lowest BCUT2D eigenvalue weighted by atomic mass is 10.1. The Morgan fingerprint density at radius 1 is 1.00 bits per heavy atom. The molecule has 0 aliphatic heterocycles. The lowest BCUT2D eigenvalue weighted by Gasteiger charge is -2.07. The van der Waals surface area contributed by atoms with Crippen molar-refractivity contribution in [3.05, 3.63) is 75.4 Å². The van der Waals surface area contributed by atoms with E-state index in [0.29, 0.717) is 0 Å². The molecule has 1 heterocycles. The summed E-state index contributed by atoms with van der Waals surface area (Å²) in [5, 5.41) is 6.37. The van der Waals surface area contributed by atoms with Gasteiger partial charge in [-0.1, -0.05) is 48.0 Å². The molecule has 0 saturated heterocycles. The fourth-order valence-electron chi connectivity index (χ4n) is 2.20. The molecule has 0 saturated carbocycles. The minimum atomic E-state index is 0.773. The fourth-order valence-corrected chi connectivity index (χ4v) is 3.34. The Kier molecular flexibility index (Phi) is 4.28. The van der Waals surface area contributed by atoms with Gasteiger partial charge < -0.3 is 5.32 Å². The van der Waals surface area contributed by atoms with E-state index in [2.05, 4.69) is 47.1 Å². The van der Waals surface area contributed by atoms with Gasteiger partial charge in [0.25, 0.3) is 0 Å². The van der Waals surface area contributed by atoms with Crippen LogP contribution in [0.1, 0.15) is 10.4 Å². The zero-order chi connectivity index (χ0) is 14.7. The van der Waals surface area contributed by atoms with Crippen LogP contribution in [-0.4, -0.2) is 0 Å². The summed E-state index contributed by atoms with van der Waals surface area (Å²) in [4.78, 5) is 1.30. The Balaban J connectivity index is 1.70. The highest BCUT2D eigenvalue weighted by Gasteiger charge is 2.04. The van der Waals surface area contributed by atoms with Crippen LogP contribution in [0, 0.1) is 6.92 Å². The molecule has 0 fully saturated rings. The van der Waals surface area contributed by atoms with Gasteiger partial charge in [0.05, 0.1) is 10.7 Å². The van der Waals surface area contributed by atoms with Crippen molar-refractivity contribution < 1.29 is 0 Å².